The summed E-state index contributed by atoms with van der Waals surface area (Å²) in [5.41, 5.74) is 0.638. The number of halogens is 1. The van der Waals surface area contributed by atoms with Gasteiger partial charge in [-0.1, -0.05) is 23.8 Å². The molecule has 1 heterocycles. The third kappa shape index (κ3) is 3.95. The molecular formula is C19H17ClN2O4. The van der Waals surface area contributed by atoms with E-state index in [2.05, 4.69) is 0 Å². The largest absolute Gasteiger partial charge is 0.495 e. The highest BCUT2D eigenvalue weighted by molar-refractivity contribution is 6.31. The predicted molar refractivity (Wildman–Crippen MR) is 98.5 cm³/mol. The summed E-state index contributed by atoms with van der Waals surface area (Å²) < 4.78 is 6.46. The molecule has 2 rings (SSSR count). The van der Waals surface area contributed by atoms with Crippen LogP contribution in [0, 0.1) is 11.3 Å². The van der Waals surface area contributed by atoms with E-state index < -0.39 is 17.6 Å². The number of aliphatic carboxylic acids is 1. The summed E-state index contributed by atoms with van der Waals surface area (Å²) >= 11 is 6.02. The number of aromatic nitrogens is 1. The van der Waals surface area contributed by atoms with Crippen molar-refractivity contribution in [3.05, 3.63) is 63.6 Å². The SMILES string of the molecule is C/C=C/CC(C(=O)O)n1cc(OC)c(-c2cc(Cl)ccc2C#N)cc1=O. The highest BCUT2D eigenvalue weighted by Gasteiger charge is 2.22. The average Bonchev–Trinajstić information content (AvgIpc) is 2.62. The number of hydrogen-bond donors (Lipinski definition) is 1. The topological polar surface area (TPSA) is 92.3 Å². The molecular weight excluding hydrogens is 356 g/mol. The number of pyridine rings is 1. The minimum atomic E-state index is -1.12. The molecule has 2 aromatic rings. The number of carbonyl (C=O) groups is 1. The monoisotopic (exact) mass is 372 g/mol. The molecule has 0 aliphatic carbocycles. The number of allylic oxidation sites excluding steroid dienone is 2. The number of carboxylic acids is 1. The van der Waals surface area contributed by atoms with E-state index in [1.54, 1.807) is 37.3 Å². The normalized spacial score (nSPS) is 11.9. The fourth-order valence-electron chi connectivity index (χ4n) is 2.58. The van der Waals surface area contributed by atoms with E-state index in [-0.39, 0.29) is 12.2 Å². The first-order valence-electron chi connectivity index (χ1n) is 7.77. The molecule has 134 valence electrons. The van der Waals surface area contributed by atoms with Gasteiger partial charge in [0, 0.05) is 22.2 Å². The molecule has 0 saturated carbocycles. The van der Waals surface area contributed by atoms with Crippen LogP contribution >= 0.6 is 11.6 Å². The Morgan fingerprint density at radius 3 is 2.73 bits per heavy atom. The van der Waals surface area contributed by atoms with Gasteiger partial charge in [-0.05, 0) is 31.5 Å². The van der Waals surface area contributed by atoms with E-state index in [4.69, 9.17) is 16.3 Å². The van der Waals surface area contributed by atoms with Crippen LogP contribution in [0.3, 0.4) is 0 Å². The van der Waals surface area contributed by atoms with E-state index in [0.29, 0.717) is 21.7 Å². The van der Waals surface area contributed by atoms with Gasteiger partial charge in [-0.2, -0.15) is 5.26 Å². The van der Waals surface area contributed by atoms with Crippen LogP contribution in [0.2, 0.25) is 5.02 Å². The quantitative estimate of drug-likeness (QED) is 0.781. The smallest absolute Gasteiger partial charge is 0.327 e. The molecule has 1 atom stereocenters. The van der Waals surface area contributed by atoms with E-state index in [9.17, 15) is 20.0 Å². The summed E-state index contributed by atoms with van der Waals surface area (Å²) in [6.07, 6.45) is 4.91. The Hall–Kier alpha value is -3.04. The predicted octanol–water partition coefficient (Wildman–Crippen LogP) is 3.64. The maximum Gasteiger partial charge on any atom is 0.327 e. The van der Waals surface area contributed by atoms with Crippen LogP contribution in [0.4, 0.5) is 0 Å². The van der Waals surface area contributed by atoms with Crippen LogP contribution in [0.25, 0.3) is 11.1 Å². The molecule has 6 nitrogen and oxygen atoms in total. The zero-order valence-electron chi connectivity index (χ0n) is 14.3. The Bertz CT molecular complexity index is 957. The average molecular weight is 373 g/mol. The molecule has 0 aliphatic heterocycles. The van der Waals surface area contributed by atoms with Crippen molar-refractivity contribution in [1.29, 1.82) is 5.26 Å². The number of nitriles is 1. The minimum absolute atomic E-state index is 0.162. The van der Waals surface area contributed by atoms with Gasteiger partial charge in [0.05, 0.1) is 24.9 Å². The molecule has 0 amide bonds. The number of nitrogens with zero attached hydrogens (tertiary/aromatic N) is 2. The van der Waals surface area contributed by atoms with E-state index >= 15 is 0 Å². The van der Waals surface area contributed by atoms with Gasteiger partial charge < -0.3 is 9.84 Å². The van der Waals surface area contributed by atoms with Gasteiger partial charge in [0.15, 0.2) is 0 Å². The van der Waals surface area contributed by atoms with Crippen molar-refractivity contribution in [2.45, 2.75) is 19.4 Å². The van der Waals surface area contributed by atoms with Crippen LogP contribution < -0.4 is 10.3 Å². The van der Waals surface area contributed by atoms with Crippen molar-refractivity contribution in [3.8, 4) is 22.9 Å². The van der Waals surface area contributed by atoms with Crippen molar-refractivity contribution in [3.63, 3.8) is 0 Å². The Morgan fingerprint density at radius 2 is 2.15 bits per heavy atom. The molecule has 0 fully saturated rings. The number of carboxylic acid groups (broad SMARTS) is 1. The van der Waals surface area contributed by atoms with Crippen LogP contribution in [-0.4, -0.2) is 22.8 Å². The van der Waals surface area contributed by atoms with Gasteiger partial charge in [-0.15, -0.1) is 0 Å². The first kappa shape index (κ1) is 19.3. The number of rotatable bonds is 6. The number of hydrogen-bond acceptors (Lipinski definition) is 4. The van der Waals surface area contributed by atoms with Gasteiger partial charge in [0.1, 0.15) is 11.8 Å². The molecule has 0 saturated heterocycles. The van der Waals surface area contributed by atoms with Gasteiger partial charge >= 0.3 is 5.97 Å². The number of ether oxygens (including phenoxy) is 1. The zero-order chi connectivity index (χ0) is 19.3. The molecule has 1 aromatic heterocycles. The van der Waals surface area contributed by atoms with Crippen molar-refractivity contribution in [1.82, 2.24) is 4.57 Å². The molecule has 0 aliphatic rings. The Labute approximate surface area is 155 Å². The molecule has 1 unspecified atom stereocenters. The third-order valence-corrected chi connectivity index (χ3v) is 4.11. The molecule has 7 heteroatoms. The fourth-order valence-corrected chi connectivity index (χ4v) is 2.75. The lowest BCUT2D eigenvalue weighted by Crippen LogP contribution is -2.29. The van der Waals surface area contributed by atoms with E-state index in [1.165, 1.54) is 19.4 Å². The maximum absolute atomic E-state index is 12.6. The molecule has 1 N–H and O–H groups in total. The van der Waals surface area contributed by atoms with Crippen LogP contribution in [0.15, 0.2) is 47.4 Å². The molecule has 26 heavy (non-hydrogen) atoms. The van der Waals surface area contributed by atoms with Crippen LogP contribution in [0.5, 0.6) is 5.75 Å². The lowest BCUT2D eigenvalue weighted by atomic mass is 10.00. The first-order valence-corrected chi connectivity index (χ1v) is 8.14. The zero-order valence-corrected chi connectivity index (χ0v) is 15.0. The highest BCUT2D eigenvalue weighted by Crippen LogP contribution is 2.33. The number of methoxy groups -OCH3 is 1. The van der Waals surface area contributed by atoms with Crippen molar-refractivity contribution < 1.29 is 14.6 Å². The Balaban J connectivity index is 2.68. The standard InChI is InChI=1S/C19H17ClN2O4/c1-3-4-5-16(19(24)25)22-11-17(26-2)15(9-18(22)23)14-8-13(20)7-6-12(14)10-21/h3-4,6-9,11,16H,5H2,1-2H3,(H,24,25)/b4-3+. The van der Waals surface area contributed by atoms with Crippen molar-refractivity contribution in [2.24, 2.45) is 0 Å². The second-order valence-electron chi connectivity index (χ2n) is 5.46. The van der Waals surface area contributed by atoms with Crippen LogP contribution in [-0.2, 0) is 4.79 Å². The molecule has 1 aromatic carbocycles. The molecule has 0 bridgehead atoms. The second kappa shape index (κ2) is 8.37. The minimum Gasteiger partial charge on any atom is -0.495 e. The van der Waals surface area contributed by atoms with E-state index in [1.807, 2.05) is 6.07 Å². The fraction of sp³-hybridized carbons (Fsp3) is 0.211. The Morgan fingerprint density at radius 1 is 1.42 bits per heavy atom. The highest BCUT2D eigenvalue weighted by atomic mass is 35.5. The van der Waals surface area contributed by atoms with Gasteiger partial charge in [-0.25, -0.2) is 4.79 Å². The lowest BCUT2D eigenvalue weighted by Gasteiger charge is -2.17. The summed E-state index contributed by atoms with van der Waals surface area (Å²) in [6, 6.07) is 6.95. The van der Waals surface area contributed by atoms with Crippen molar-refractivity contribution >= 4 is 17.6 Å². The molecule has 0 spiro atoms. The summed E-state index contributed by atoms with van der Waals surface area (Å²) in [5, 5.41) is 19.2. The first-order chi connectivity index (χ1) is 12.4. The van der Waals surface area contributed by atoms with Gasteiger partial charge in [0.2, 0.25) is 0 Å². The third-order valence-electron chi connectivity index (χ3n) is 3.87. The van der Waals surface area contributed by atoms with Gasteiger partial charge in [0.25, 0.3) is 5.56 Å². The van der Waals surface area contributed by atoms with E-state index in [0.717, 1.165) is 4.57 Å². The summed E-state index contributed by atoms with van der Waals surface area (Å²) in [4.78, 5) is 24.1. The second-order valence-corrected chi connectivity index (χ2v) is 5.90. The van der Waals surface area contributed by atoms with Crippen molar-refractivity contribution in [2.75, 3.05) is 7.11 Å². The molecule has 0 radical (unpaired) electrons. The number of benzene rings is 1. The Kier molecular flexibility index (Phi) is 6.21. The van der Waals surface area contributed by atoms with Gasteiger partial charge in [-0.3, -0.25) is 9.36 Å². The summed E-state index contributed by atoms with van der Waals surface area (Å²) in [6.45, 7) is 1.77. The maximum atomic E-state index is 12.6. The summed E-state index contributed by atoms with van der Waals surface area (Å²) in [7, 11) is 1.41. The lowest BCUT2D eigenvalue weighted by molar-refractivity contribution is -0.140. The van der Waals surface area contributed by atoms with Crippen LogP contribution in [0.1, 0.15) is 24.9 Å². The summed E-state index contributed by atoms with van der Waals surface area (Å²) in [5.74, 6) is -0.851.